The molecule has 0 radical (unpaired) electrons. The van der Waals surface area contributed by atoms with E-state index in [1.807, 2.05) is 0 Å². The molecule has 1 atom stereocenters. The zero-order valence-electron chi connectivity index (χ0n) is 9.64. The lowest BCUT2D eigenvalue weighted by Gasteiger charge is -2.35. The molecule has 1 aliphatic heterocycles. The zero-order valence-corrected chi connectivity index (χ0v) is 9.64. The van der Waals surface area contributed by atoms with Gasteiger partial charge >= 0.3 is 0 Å². The van der Waals surface area contributed by atoms with E-state index in [4.69, 9.17) is 10.5 Å². The number of hydrogen-bond donors (Lipinski definition) is 1. The van der Waals surface area contributed by atoms with Gasteiger partial charge in [0, 0.05) is 17.8 Å². The number of hydrogen-bond acceptors (Lipinski definition) is 4. The van der Waals surface area contributed by atoms with Crippen LogP contribution in [0.2, 0.25) is 0 Å². The molecule has 1 unspecified atom stereocenters. The average Bonchev–Trinajstić information content (AvgIpc) is 2.38. The predicted octanol–water partition coefficient (Wildman–Crippen LogP) is 0.329. The van der Waals surface area contributed by atoms with Crippen LogP contribution in [0.5, 0.6) is 0 Å². The number of aldehydes is 1. The SMILES string of the molecule is NC(=O)C1COCCN1c1cc(F)cc(C=O)c1. The van der Waals surface area contributed by atoms with E-state index in [1.54, 1.807) is 4.90 Å². The Bertz CT molecular complexity index is 478. The quantitative estimate of drug-likeness (QED) is 0.787. The molecule has 5 nitrogen and oxygen atoms in total. The van der Waals surface area contributed by atoms with Crippen molar-refractivity contribution >= 4 is 17.9 Å². The second-order valence-electron chi connectivity index (χ2n) is 4.05. The Morgan fingerprint density at radius 3 is 2.94 bits per heavy atom. The fourth-order valence-electron chi connectivity index (χ4n) is 1.98. The van der Waals surface area contributed by atoms with Crippen molar-refractivity contribution < 1.29 is 18.7 Å². The number of nitrogens with zero attached hydrogens (tertiary/aromatic N) is 1. The minimum absolute atomic E-state index is 0.169. The molecule has 2 N–H and O–H groups in total. The Labute approximate surface area is 103 Å². The highest BCUT2D eigenvalue weighted by atomic mass is 19.1. The first kappa shape index (κ1) is 12.5. The third-order valence-electron chi connectivity index (χ3n) is 2.83. The smallest absolute Gasteiger partial charge is 0.242 e. The summed E-state index contributed by atoms with van der Waals surface area (Å²) in [6.07, 6.45) is 0.562. The van der Waals surface area contributed by atoms with E-state index in [-0.39, 0.29) is 12.2 Å². The molecule has 0 spiro atoms. The van der Waals surface area contributed by atoms with Gasteiger partial charge in [0.25, 0.3) is 0 Å². The number of carbonyl (C=O) groups excluding carboxylic acids is 2. The summed E-state index contributed by atoms with van der Waals surface area (Å²) in [4.78, 5) is 23.7. The minimum atomic E-state index is -0.639. The van der Waals surface area contributed by atoms with Crippen LogP contribution in [0.25, 0.3) is 0 Å². The highest BCUT2D eigenvalue weighted by Gasteiger charge is 2.28. The molecule has 1 aromatic rings. The van der Waals surface area contributed by atoms with E-state index >= 15 is 0 Å². The lowest BCUT2D eigenvalue weighted by molar-refractivity contribution is -0.121. The molecule has 0 bridgehead atoms. The van der Waals surface area contributed by atoms with Crippen LogP contribution in [0.1, 0.15) is 10.4 Å². The van der Waals surface area contributed by atoms with Crippen LogP contribution >= 0.6 is 0 Å². The van der Waals surface area contributed by atoms with E-state index < -0.39 is 17.8 Å². The number of benzene rings is 1. The van der Waals surface area contributed by atoms with Crippen molar-refractivity contribution in [3.05, 3.63) is 29.6 Å². The molecule has 0 aromatic heterocycles. The number of primary amides is 1. The summed E-state index contributed by atoms with van der Waals surface area (Å²) in [5.41, 5.74) is 5.96. The van der Waals surface area contributed by atoms with Gasteiger partial charge < -0.3 is 15.4 Å². The van der Waals surface area contributed by atoms with Crippen molar-refractivity contribution in [1.82, 2.24) is 0 Å². The Kier molecular flexibility index (Phi) is 3.57. The fraction of sp³-hybridized carbons (Fsp3) is 0.333. The van der Waals surface area contributed by atoms with E-state index in [2.05, 4.69) is 0 Å². The molecule has 6 heteroatoms. The molecular formula is C12H13FN2O3. The number of halogens is 1. The van der Waals surface area contributed by atoms with Crippen molar-refractivity contribution in [2.45, 2.75) is 6.04 Å². The molecule has 1 heterocycles. The second kappa shape index (κ2) is 5.14. The van der Waals surface area contributed by atoms with Crippen molar-refractivity contribution in [2.75, 3.05) is 24.7 Å². The standard InChI is InChI=1S/C12H13FN2O3/c13-9-3-8(6-16)4-10(5-9)15-1-2-18-7-11(15)12(14)17/h3-6,11H,1-2,7H2,(H2,14,17). The van der Waals surface area contributed by atoms with Crippen molar-refractivity contribution in [2.24, 2.45) is 5.73 Å². The van der Waals surface area contributed by atoms with Crippen molar-refractivity contribution in [3.8, 4) is 0 Å². The summed E-state index contributed by atoms with van der Waals surface area (Å²) >= 11 is 0. The first-order chi connectivity index (χ1) is 8.61. The minimum Gasteiger partial charge on any atom is -0.377 e. The molecule has 1 saturated heterocycles. The summed E-state index contributed by atoms with van der Waals surface area (Å²) in [7, 11) is 0. The molecule has 96 valence electrons. The molecular weight excluding hydrogens is 239 g/mol. The first-order valence-electron chi connectivity index (χ1n) is 5.51. The number of nitrogens with two attached hydrogens (primary N) is 1. The van der Waals surface area contributed by atoms with Crippen LogP contribution < -0.4 is 10.6 Å². The second-order valence-corrected chi connectivity index (χ2v) is 4.05. The van der Waals surface area contributed by atoms with E-state index in [1.165, 1.54) is 12.1 Å². The van der Waals surface area contributed by atoms with Crippen molar-refractivity contribution in [1.29, 1.82) is 0 Å². The van der Waals surface area contributed by atoms with Crippen molar-refractivity contribution in [3.63, 3.8) is 0 Å². The van der Waals surface area contributed by atoms with Gasteiger partial charge in [-0.05, 0) is 18.2 Å². The monoisotopic (exact) mass is 252 g/mol. The van der Waals surface area contributed by atoms with Crippen LogP contribution in [0.3, 0.4) is 0 Å². The summed E-state index contributed by atoms with van der Waals surface area (Å²) in [5.74, 6) is -1.06. The van der Waals surface area contributed by atoms with Gasteiger partial charge in [-0.2, -0.15) is 0 Å². The van der Waals surface area contributed by atoms with E-state index in [0.29, 0.717) is 25.1 Å². The maximum Gasteiger partial charge on any atom is 0.242 e. The zero-order chi connectivity index (χ0) is 13.1. The molecule has 0 saturated carbocycles. The molecule has 1 amide bonds. The van der Waals surface area contributed by atoms with Gasteiger partial charge in [-0.1, -0.05) is 0 Å². The Balaban J connectivity index is 2.35. The number of ether oxygens (including phenoxy) is 1. The van der Waals surface area contributed by atoms with Crippen LogP contribution in [-0.2, 0) is 9.53 Å². The normalized spacial score (nSPS) is 19.6. The van der Waals surface area contributed by atoms with Gasteiger partial charge in [0.1, 0.15) is 18.1 Å². The van der Waals surface area contributed by atoms with Gasteiger partial charge in [-0.3, -0.25) is 9.59 Å². The maximum atomic E-state index is 13.4. The highest BCUT2D eigenvalue weighted by Crippen LogP contribution is 2.22. The van der Waals surface area contributed by atoms with Crippen LogP contribution in [0, 0.1) is 5.82 Å². The molecule has 2 rings (SSSR count). The molecule has 1 aromatic carbocycles. The topological polar surface area (TPSA) is 72.6 Å². The first-order valence-corrected chi connectivity index (χ1v) is 5.51. The van der Waals surface area contributed by atoms with Crippen LogP contribution in [0.15, 0.2) is 18.2 Å². The number of morpholine rings is 1. The largest absolute Gasteiger partial charge is 0.377 e. The average molecular weight is 252 g/mol. The molecule has 18 heavy (non-hydrogen) atoms. The Hall–Kier alpha value is -1.95. The van der Waals surface area contributed by atoms with E-state index in [0.717, 1.165) is 6.07 Å². The number of rotatable bonds is 3. The predicted molar refractivity (Wildman–Crippen MR) is 62.9 cm³/mol. The van der Waals surface area contributed by atoms with Gasteiger partial charge in [0.2, 0.25) is 5.91 Å². The summed E-state index contributed by atoms with van der Waals surface area (Å²) in [6.45, 7) is 1.02. The number of amides is 1. The van der Waals surface area contributed by atoms with E-state index in [9.17, 15) is 14.0 Å². The number of anilines is 1. The third-order valence-corrected chi connectivity index (χ3v) is 2.83. The van der Waals surface area contributed by atoms with Crippen LogP contribution in [-0.4, -0.2) is 38.0 Å². The third kappa shape index (κ3) is 2.48. The molecule has 1 aliphatic rings. The summed E-state index contributed by atoms with van der Waals surface area (Å²) < 4.78 is 18.5. The van der Waals surface area contributed by atoms with Gasteiger partial charge in [0.05, 0.1) is 13.2 Å². The maximum absolute atomic E-state index is 13.4. The Morgan fingerprint density at radius 1 is 1.50 bits per heavy atom. The molecule has 0 aliphatic carbocycles. The lowest BCUT2D eigenvalue weighted by Crippen LogP contribution is -2.52. The van der Waals surface area contributed by atoms with Gasteiger partial charge in [-0.15, -0.1) is 0 Å². The number of carbonyl (C=O) groups is 2. The summed E-state index contributed by atoms with van der Waals surface area (Å²) in [5, 5.41) is 0. The molecule has 1 fully saturated rings. The lowest BCUT2D eigenvalue weighted by atomic mass is 10.1. The van der Waals surface area contributed by atoms with Gasteiger partial charge in [0.15, 0.2) is 0 Å². The van der Waals surface area contributed by atoms with Crippen LogP contribution in [0.4, 0.5) is 10.1 Å². The highest BCUT2D eigenvalue weighted by molar-refractivity contribution is 5.85. The Morgan fingerprint density at radius 2 is 2.28 bits per heavy atom. The van der Waals surface area contributed by atoms with Gasteiger partial charge in [-0.25, -0.2) is 4.39 Å². The fourth-order valence-corrected chi connectivity index (χ4v) is 1.98. The summed E-state index contributed by atoms with van der Waals surface area (Å²) in [6, 6.07) is 3.29.